The first-order valence-corrected chi connectivity index (χ1v) is 12.8. The predicted molar refractivity (Wildman–Crippen MR) is 139 cm³/mol. The van der Waals surface area contributed by atoms with Crippen LogP contribution in [0.1, 0.15) is 0 Å². The second-order valence-corrected chi connectivity index (χ2v) is 9.27. The van der Waals surface area contributed by atoms with Gasteiger partial charge in [0.25, 0.3) is 0 Å². The zero-order valence-corrected chi connectivity index (χ0v) is 20.4. The fourth-order valence-corrected chi connectivity index (χ4v) is 4.82. The lowest BCUT2D eigenvalue weighted by atomic mass is 10.2. The van der Waals surface area contributed by atoms with Crippen LogP contribution < -0.4 is 15.1 Å². The first-order chi connectivity index (χ1) is 17.2. The number of anilines is 4. The van der Waals surface area contributed by atoms with Gasteiger partial charge in [-0.1, -0.05) is 48.2 Å². The van der Waals surface area contributed by atoms with E-state index in [-0.39, 0.29) is 5.91 Å². The number of nitrogens with one attached hydrogen (secondary N) is 1. The number of carbonyl (C=O) groups excluding carboxylic acids is 1. The van der Waals surface area contributed by atoms with E-state index in [0.717, 1.165) is 31.9 Å². The summed E-state index contributed by atoms with van der Waals surface area (Å²) in [4.78, 5) is 33.2. The van der Waals surface area contributed by atoms with Crippen molar-refractivity contribution in [3.05, 3.63) is 60.7 Å². The van der Waals surface area contributed by atoms with Gasteiger partial charge in [0.1, 0.15) is 0 Å². The molecule has 0 saturated carbocycles. The number of rotatable bonds is 7. The molecule has 2 aromatic carbocycles. The Balaban J connectivity index is 1.23. The van der Waals surface area contributed by atoms with Crippen LogP contribution in [0.2, 0.25) is 0 Å². The number of nitrogens with zero attached hydrogens (tertiary/aromatic N) is 6. The Morgan fingerprint density at radius 2 is 1.51 bits per heavy atom. The second-order valence-electron chi connectivity index (χ2n) is 8.32. The largest absolute Gasteiger partial charge is 0.378 e. The van der Waals surface area contributed by atoms with Crippen molar-refractivity contribution in [3.63, 3.8) is 0 Å². The van der Waals surface area contributed by atoms with Crippen LogP contribution in [0.5, 0.6) is 0 Å². The van der Waals surface area contributed by atoms with Crippen molar-refractivity contribution in [1.82, 2.24) is 19.9 Å². The van der Waals surface area contributed by atoms with Crippen LogP contribution in [-0.4, -0.2) is 84.0 Å². The fourth-order valence-electron chi connectivity index (χ4n) is 4.09. The van der Waals surface area contributed by atoms with Gasteiger partial charge in [0.15, 0.2) is 5.16 Å². The molecule has 0 spiro atoms. The summed E-state index contributed by atoms with van der Waals surface area (Å²) < 4.78 is 5.47. The molecule has 2 saturated heterocycles. The van der Waals surface area contributed by atoms with Crippen molar-refractivity contribution in [1.29, 1.82) is 0 Å². The molecule has 2 aliphatic rings. The number of para-hydroxylation sites is 2. The second kappa shape index (κ2) is 11.4. The summed E-state index contributed by atoms with van der Waals surface area (Å²) in [6.45, 7) is 5.83. The van der Waals surface area contributed by atoms with Crippen LogP contribution in [0.25, 0.3) is 0 Å². The molecular weight excluding hydrogens is 462 g/mol. The summed E-state index contributed by atoms with van der Waals surface area (Å²) in [6, 6.07) is 20.1. The van der Waals surface area contributed by atoms with Gasteiger partial charge in [-0.25, -0.2) is 0 Å². The maximum Gasteiger partial charge on any atom is 0.233 e. The Morgan fingerprint density at radius 3 is 2.23 bits per heavy atom. The van der Waals surface area contributed by atoms with E-state index in [1.54, 1.807) is 0 Å². The molecule has 3 heterocycles. The van der Waals surface area contributed by atoms with E-state index in [4.69, 9.17) is 4.74 Å². The number of ether oxygens (including phenoxy) is 1. The zero-order valence-electron chi connectivity index (χ0n) is 19.5. The van der Waals surface area contributed by atoms with Crippen LogP contribution >= 0.6 is 11.8 Å². The number of benzene rings is 2. The van der Waals surface area contributed by atoms with Crippen LogP contribution in [0.3, 0.4) is 0 Å². The Labute approximate surface area is 209 Å². The SMILES string of the molecule is O=C(CSc1nc(Nc2ccccc2)nc(N2CCOCC2)n1)N1CCN(c2ccccc2)CC1. The monoisotopic (exact) mass is 491 g/mol. The molecule has 0 bridgehead atoms. The Hall–Kier alpha value is -3.37. The highest BCUT2D eigenvalue weighted by Gasteiger charge is 2.22. The fraction of sp³-hybridized carbons (Fsp3) is 0.360. The van der Waals surface area contributed by atoms with Gasteiger partial charge in [-0.15, -0.1) is 0 Å². The normalized spacial score (nSPS) is 16.3. The molecule has 9 nitrogen and oxygen atoms in total. The highest BCUT2D eigenvalue weighted by atomic mass is 32.2. The topological polar surface area (TPSA) is 86.7 Å². The van der Waals surface area contributed by atoms with Gasteiger partial charge >= 0.3 is 0 Å². The standard InChI is InChI=1S/C25H29N7O2S/c33-22(31-13-11-30(12-14-31)21-9-5-2-6-10-21)19-35-25-28-23(26-20-7-3-1-4-8-20)27-24(29-25)32-15-17-34-18-16-32/h1-10H,11-19H2,(H,26,27,28,29). The molecule has 182 valence electrons. The van der Waals surface area contributed by atoms with E-state index >= 15 is 0 Å². The Kier molecular flexibility index (Phi) is 7.59. The molecule has 0 aliphatic carbocycles. The van der Waals surface area contributed by atoms with Crippen molar-refractivity contribution < 1.29 is 9.53 Å². The molecule has 0 radical (unpaired) electrons. The Morgan fingerprint density at radius 1 is 0.829 bits per heavy atom. The van der Waals surface area contributed by atoms with Crippen molar-refractivity contribution in [2.75, 3.05) is 73.4 Å². The summed E-state index contributed by atoms with van der Waals surface area (Å²) in [5.41, 5.74) is 2.10. The number of hydrogen-bond donors (Lipinski definition) is 1. The summed E-state index contributed by atoms with van der Waals surface area (Å²) in [5.74, 6) is 1.48. The average molecular weight is 492 g/mol. The van der Waals surface area contributed by atoms with E-state index in [9.17, 15) is 4.79 Å². The lowest BCUT2D eigenvalue weighted by Gasteiger charge is -2.36. The molecule has 0 atom stereocenters. The number of aromatic nitrogens is 3. The summed E-state index contributed by atoms with van der Waals surface area (Å²) >= 11 is 1.36. The molecule has 1 aromatic heterocycles. The molecule has 3 aromatic rings. The molecule has 0 unspecified atom stereocenters. The molecule has 2 aliphatic heterocycles. The lowest BCUT2D eigenvalue weighted by molar-refractivity contribution is -0.128. The van der Waals surface area contributed by atoms with Crippen LogP contribution in [0, 0.1) is 0 Å². The van der Waals surface area contributed by atoms with Crippen LogP contribution in [0.4, 0.5) is 23.3 Å². The van der Waals surface area contributed by atoms with Gasteiger partial charge in [0, 0.05) is 50.6 Å². The number of amides is 1. The average Bonchev–Trinajstić information content (AvgIpc) is 2.93. The Bertz CT molecular complexity index is 1110. The third-order valence-electron chi connectivity index (χ3n) is 6.01. The van der Waals surface area contributed by atoms with Gasteiger partial charge in [0.05, 0.1) is 19.0 Å². The maximum absolute atomic E-state index is 12.9. The highest BCUT2D eigenvalue weighted by molar-refractivity contribution is 7.99. The maximum atomic E-state index is 12.9. The molecule has 2 fully saturated rings. The number of carbonyl (C=O) groups is 1. The summed E-state index contributed by atoms with van der Waals surface area (Å²) in [6.07, 6.45) is 0. The molecule has 1 amide bonds. The van der Waals surface area contributed by atoms with Crippen molar-refractivity contribution in [3.8, 4) is 0 Å². The molecular formula is C25H29N7O2S. The van der Waals surface area contributed by atoms with Gasteiger partial charge in [0.2, 0.25) is 17.8 Å². The van der Waals surface area contributed by atoms with E-state index in [1.165, 1.54) is 17.4 Å². The van der Waals surface area contributed by atoms with Gasteiger partial charge in [-0.2, -0.15) is 15.0 Å². The minimum atomic E-state index is 0.105. The number of thioether (sulfide) groups is 1. The minimum absolute atomic E-state index is 0.105. The van der Waals surface area contributed by atoms with Crippen molar-refractivity contribution in [2.45, 2.75) is 5.16 Å². The highest BCUT2D eigenvalue weighted by Crippen LogP contribution is 2.23. The molecule has 5 rings (SSSR count). The summed E-state index contributed by atoms with van der Waals surface area (Å²) in [7, 11) is 0. The molecule has 1 N–H and O–H groups in total. The van der Waals surface area contributed by atoms with Gasteiger partial charge in [-0.3, -0.25) is 4.79 Å². The first-order valence-electron chi connectivity index (χ1n) is 11.9. The molecule has 10 heteroatoms. The van der Waals surface area contributed by atoms with Crippen LogP contribution in [0.15, 0.2) is 65.8 Å². The third-order valence-corrected chi connectivity index (χ3v) is 6.84. The predicted octanol–water partition coefficient (Wildman–Crippen LogP) is 2.89. The molecule has 35 heavy (non-hydrogen) atoms. The number of morpholine rings is 1. The third kappa shape index (κ3) is 6.20. The van der Waals surface area contributed by atoms with Gasteiger partial charge < -0.3 is 24.8 Å². The van der Waals surface area contributed by atoms with Crippen molar-refractivity contribution in [2.24, 2.45) is 0 Å². The van der Waals surface area contributed by atoms with E-state index in [2.05, 4.69) is 42.2 Å². The van der Waals surface area contributed by atoms with Crippen LogP contribution in [-0.2, 0) is 9.53 Å². The minimum Gasteiger partial charge on any atom is -0.378 e. The smallest absolute Gasteiger partial charge is 0.233 e. The van der Waals surface area contributed by atoms with E-state index in [1.807, 2.05) is 53.4 Å². The van der Waals surface area contributed by atoms with Crippen molar-refractivity contribution >= 4 is 40.9 Å². The quantitative estimate of drug-likeness (QED) is 0.501. The summed E-state index contributed by atoms with van der Waals surface area (Å²) in [5, 5.41) is 3.80. The van der Waals surface area contributed by atoms with E-state index in [0.29, 0.717) is 49.1 Å². The lowest BCUT2D eigenvalue weighted by Crippen LogP contribution is -2.49. The zero-order chi connectivity index (χ0) is 23.9. The first kappa shape index (κ1) is 23.4. The number of hydrogen-bond acceptors (Lipinski definition) is 9. The van der Waals surface area contributed by atoms with Gasteiger partial charge in [-0.05, 0) is 24.3 Å². The number of piperazine rings is 1. The van der Waals surface area contributed by atoms with E-state index < -0.39 is 0 Å².